The van der Waals surface area contributed by atoms with Gasteiger partial charge in [0.1, 0.15) is 11.5 Å². The van der Waals surface area contributed by atoms with Gasteiger partial charge in [-0.15, -0.1) is 0 Å². The number of nitrogens with one attached hydrogen (secondary N) is 2. The van der Waals surface area contributed by atoms with Crippen molar-refractivity contribution in [3.63, 3.8) is 0 Å². The Morgan fingerprint density at radius 1 is 1.00 bits per heavy atom. The average molecular weight is 448 g/mol. The predicted molar refractivity (Wildman–Crippen MR) is 121 cm³/mol. The molecule has 2 aromatic carbocycles. The van der Waals surface area contributed by atoms with E-state index in [1.165, 1.54) is 21.3 Å². The number of benzene rings is 2. The van der Waals surface area contributed by atoms with Crippen LogP contribution in [0.2, 0.25) is 0 Å². The minimum atomic E-state index is -0.578. The van der Waals surface area contributed by atoms with Gasteiger partial charge in [0.25, 0.3) is 0 Å². The number of hydrogen-bond acceptors (Lipinski definition) is 8. The Hall–Kier alpha value is -3.37. The van der Waals surface area contributed by atoms with Crippen LogP contribution in [0.25, 0.3) is 0 Å². The van der Waals surface area contributed by atoms with Crippen molar-refractivity contribution in [2.45, 2.75) is 0 Å². The highest BCUT2D eigenvalue weighted by molar-refractivity contribution is 7.80. The third-order valence-electron chi connectivity index (χ3n) is 3.95. The van der Waals surface area contributed by atoms with Crippen molar-refractivity contribution in [3.05, 3.63) is 47.5 Å². The summed E-state index contributed by atoms with van der Waals surface area (Å²) in [6.45, 7) is 1.11. The molecule has 31 heavy (non-hydrogen) atoms. The van der Waals surface area contributed by atoms with Crippen molar-refractivity contribution in [2.75, 3.05) is 41.6 Å². The maximum atomic E-state index is 12.6. The molecule has 0 aliphatic carbocycles. The van der Waals surface area contributed by atoms with E-state index in [9.17, 15) is 4.79 Å². The van der Waals surface area contributed by atoms with Gasteiger partial charge < -0.3 is 29.0 Å². The standard InChI is InChI=1S/C21H25N3O6S/c1-26-8-7-22-21(31)24-23-13-14-5-6-18(19(9-14)29-4)30-20(25)15-10-16(27-2)12-17(11-15)28-3/h5-6,9-13H,7-8H2,1-4H3,(H2,22,24,31). The highest BCUT2D eigenvalue weighted by Crippen LogP contribution is 2.29. The number of hydrazone groups is 1. The summed E-state index contributed by atoms with van der Waals surface area (Å²) in [4.78, 5) is 12.6. The molecule has 0 radical (unpaired) electrons. The largest absolute Gasteiger partial charge is 0.497 e. The van der Waals surface area contributed by atoms with Crippen LogP contribution in [0.1, 0.15) is 15.9 Å². The lowest BCUT2D eigenvalue weighted by Crippen LogP contribution is -2.34. The van der Waals surface area contributed by atoms with Crippen LogP contribution in [0.4, 0.5) is 0 Å². The molecule has 0 bridgehead atoms. The van der Waals surface area contributed by atoms with E-state index in [0.717, 1.165) is 0 Å². The van der Waals surface area contributed by atoms with Crippen LogP contribution in [0.3, 0.4) is 0 Å². The normalized spacial score (nSPS) is 10.5. The Bertz CT molecular complexity index is 913. The van der Waals surface area contributed by atoms with Gasteiger partial charge in [-0.25, -0.2) is 4.79 Å². The molecule has 0 atom stereocenters. The summed E-state index contributed by atoms with van der Waals surface area (Å²) < 4.78 is 26.1. The molecule has 0 unspecified atom stereocenters. The van der Waals surface area contributed by atoms with Crippen molar-refractivity contribution in [2.24, 2.45) is 5.10 Å². The van der Waals surface area contributed by atoms with Crippen LogP contribution >= 0.6 is 12.2 Å². The Labute approximate surface area is 186 Å². The third kappa shape index (κ3) is 7.43. The van der Waals surface area contributed by atoms with Gasteiger partial charge >= 0.3 is 5.97 Å². The summed E-state index contributed by atoms with van der Waals surface area (Å²) in [6.07, 6.45) is 1.56. The molecule has 0 amide bonds. The molecule has 2 aromatic rings. The molecule has 0 aromatic heterocycles. The Kier molecular flexibility index (Phi) is 9.53. The second-order valence-electron chi connectivity index (χ2n) is 6.02. The number of ether oxygens (including phenoxy) is 5. The minimum absolute atomic E-state index is 0.260. The highest BCUT2D eigenvalue weighted by atomic mass is 32.1. The molecule has 166 valence electrons. The van der Waals surface area contributed by atoms with Gasteiger partial charge in [-0.05, 0) is 48.1 Å². The molecule has 0 saturated heterocycles. The van der Waals surface area contributed by atoms with E-state index in [1.807, 2.05) is 0 Å². The van der Waals surface area contributed by atoms with Crippen LogP contribution in [0, 0.1) is 0 Å². The van der Waals surface area contributed by atoms with Crippen LogP contribution in [-0.2, 0) is 4.74 Å². The van der Waals surface area contributed by atoms with Gasteiger partial charge in [-0.3, -0.25) is 5.43 Å². The first-order valence-electron chi connectivity index (χ1n) is 9.19. The van der Waals surface area contributed by atoms with E-state index >= 15 is 0 Å². The first-order valence-corrected chi connectivity index (χ1v) is 9.60. The van der Waals surface area contributed by atoms with Gasteiger partial charge in [-0.2, -0.15) is 5.10 Å². The van der Waals surface area contributed by atoms with Crippen molar-refractivity contribution in [1.82, 2.24) is 10.7 Å². The molecule has 0 fully saturated rings. The molecule has 0 aliphatic heterocycles. The first kappa shape index (κ1) is 23.9. The number of esters is 1. The zero-order valence-electron chi connectivity index (χ0n) is 17.8. The maximum absolute atomic E-state index is 12.6. The number of nitrogens with zero attached hydrogens (tertiary/aromatic N) is 1. The lowest BCUT2D eigenvalue weighted by molar-refractivity contribution is 0.0729. The van der Waals surface area contributed by atoms with Gasteiger partial charge in [0.05, 0.1) is 39.7 Å². The molecule has 0 aliphatic rings. The molecule has 9 nitrogen and oxygen atoms in total. The quantitative estimate of drug-likeness (QED) is 0.142. The minimum Gasteiger partial charge on any atom is -0.497 e. The molecule has 10 heteroatoms. The fourth-order valence-corrected chi connectivity index (χ4v) is 2.56. The zero-order valence-corrected chi connectivity index (χ0v) is 18.6. The second-order valence-corrected chi connectivity index (χ2v) is 6.43. The van der Waals surface area contributed by atoms with Gasteiger partial charge in [0.2, 0.25) is 0 Å². The molecule has 0 saturated carbocycles. The summed E-state index contributed by atoms with van der Waals surface area (Å²) in [5.74, 6) is 1.01. The van der Waals surface area contributed by atoms with E-state index in [1.54, 1.807) is 49.7 Å². The van der Waals surface area contributed by atoms with E-state index in [0.29, 0.717) is 41.1 Å². The summed E-state index contributed by atoms with van der Waals surface area (Å²) in [5, 5.41) is 7.37. The topological polar surface area (TPSA) is 99.6 Å². The van der Waals surface area contributed by atoms with Gasteiger partial charge in [-0.1, -0.05) is 0 Å². The summed E-state index contributed by atoms with van der Waals surface area (Å²) in [7, 11) is 6.10. The Morgan fingerprint density at radius 2 is 1.71 bits per heavy atom. The van der Waals surface area contributed by atoms with E-state index in [-0.39, 0.29) is 11.3 Å². The SMILES string of the molecule is COCCNC(=S)NN=Cc1ccc(OC(=O)c2cc(OC)cc(OC)c2)c(OC)c1. The third-order valence-corrected chi connectivity index (χ3v) is 4.18. The van der Waals surface area contributed by atoms with Gasteiger partial charge in [0, 0.05) is 19.7 Å². The summed E-state index contributed by atoms with van der Waals surface area (Å²) in [5.41, 5.74) is 3.70. The van der Waals surface area contributed by atoms with Crippen molar-refractivity contribution >= 4 is 29.5 Å². The van der Waals surface area contributed by atoms with Crippen LogP contribution < -0.4 is 29.7 Å². The van der Waals surface area contributed by atoms with Crippen LogP contribution in [-0.4, -0.2) is 58.9 Å². The van der Waals surface area contributed by atoms with E-state index in [4.69, 9.17) is 35.9 Å². The lowest BCUT2D eigenvalue weighted by atomic mass is 10.2. The van der Waals surface area contributed by atoms with Crippen molar-refractivity contribution in [3.8, 4) is 23.0 Å². The van der Waals surface area contributed by atoms with E-state index < -0.39 is 5.97 Å². The Balaban J connectivity index is 2.07. The number of rotatable bonds is 10. The number of carbonyl (C=O) groups is 1. The molecule has 0 spiro atoms. The fourth-order valence-electron chi connectivity index (χ4n) is 2.40. The molecular weight excluding hydrogens is 422 g/mol. The van der Waals surface area contributed by atoms with Crippen molar-refractivity contribution < 1.29 is 28.5 Å². The number of thiocarbonyl (C=S) groups is 1. The maximum Gasteiger partial charge on any atom is 0.343 e. The molecule has 0 heterocycles. The highest BCUT2D eigenvalue weighted by Gasteiger charge is 2.15. The number of hydrogen-bond donors (Lipinski definition) is 2. The molecular formula is C21H25N3O6S. The van der Waals surface area contributed by atoms with E-state index in [2.05, 4.69) is 15.8 Å². The summed E-state index contributed by atoms with van der Waals surface area (Å²) in [6, 6.07) is 9.81. The molecule has 2 rings (SSSR count). The monoisotopic (exact) mass is 447 g/mol. The van der Waals surface area contributed by atoms with Gasteiger partial charge in [0.15, 0.2) is 16.6 Å². The average Bonchev–Trinajstić information content (AvgIpc) is 2.79. The zero-order chi connectivity index (χ0) is 22.6. The van der Waals surface area contributed by atoms with Crippen LogP contribution in [0.5, 0.6) is 23.0 Å². The summed E-state index contributed by atoms with van der Waals surface area (Å²) >= 11 is 5.09. The number of methoxy groups -OCH3 is 4. The van der Waals surface area contributed by atoms with Crippen molar-refractivity contribution in [1.29, 1.82) is 0 Å². The first-order chi connectivity index (χ1) is 15.0. The lowest BCUT2D eigenvalue weighted by Gasteiger charge is -2.11. The molecule has 2 N–H and O–H groups in total. The smallest absolute Gasteiger partial charge is 0.343 e. The Morgan fingerprint density at radius 3 is 2.32 bits per heavy atom. The number of carbonyl (C=O) groups excluding carboxylic acids is 1. The predicted octanol–water partition coefficient (Wildman–Crippen LogP) is 2.38. The van der Waals surface area contributed by atoms with Crippen LogP contribution in [0.15, 0.2) is 41.5 Å². The fraction of sp³-hybridized carbons (Fsp3) is 0.286. The second kappa shape index (κ2) is 12.4.